The van der Waals surface area contributed by atoms with Gasteiger partial charge in [-0.3, -0.25) is 4.79 Å². The van der Waals surface area contributed by atoms with Crippen molar-refractivity contribution in [3.05, 3.63) is 24.2 Å². The minimum Gasteiger partial charge on any atom is -0.466 e. The fourth-order valence-electron chi connectivity index (χ4n) is 3.70. The first-order valence-corrected chi connectivity index (χ1v) is 10.2. The van der Waals surface area contributed by atoms with Crippen LogP contribution in [0.4, 0.5) is 0 Å². The summed E-state index contributed by atoms with van der Waals surface area (Å²) in [5, 5.41) is 13.9. The molecule has 1 aromatic heterocycles. The first-order chi connectivity index (χ1) is 13.5. The zero-order valence-electron chi connectivity index (χ0n) is 17.3. The molecule has 3 heterocycles. The minimum absolute atomic E-state index is 0. The summed E-state index contributed by atoms with van der Waals surface area (Å²) in [6, 6.07) is 3.51. The molecule has 0 aliphatic carbocycles. The highest BCUT2D eigenvalue weighted by atomic mass is 127. The summed E-state index contributed by atoms with van der Waals surface area (Å²) in [6.07, 6.45) is 3.18. The van der Waals surface area contributed by atoms with Gasteiger partial charge in [0.1, 0.15) is 11.4 Å². The van der Waals surface area contributed by atoms with E-state index in [0.29, 0.717) is 32.1 Å². The lowest BCUT2D eigenvalue weighted by Crippen LogP contribution is -2.50. The van der Waals surface area contributed by atoms with Crippen LogP contribution < -0.4 is 5.32 Å². The number of carbonyl (C=O) groups excluding carboxylic acids is 1. The van der Waals surface area contributed by atoms with Crippen LogP contribution in [-0.2, 0) is 15.1 Å². The second kappa shape index (κ2) is 11.2. The van der Waals surface area contributed by atoms with Gasteiger partial charge in [-0.05, 0) is 38.8 Å². The van der Waals surface area contributed by atoms with E-state index in [4.69, 9.17) is 9.15 Å². The highest BCUT2D eigenvalue weighted by Crippen LogP contribution is 2.23. The lowest BCUT2D eigenvalue weighted by molar-refractivity contribution is -0.140. The molecule has 8 nitrogen and oxygen atoms in total. The molecular weight excluding hydrogens is 487 g/mol. The third kappa shape index (κ3) is 6.32. The second-order valence-electron chi connectivity index (χ2n) is 7.62. The summed E-state index contributed by atoms with van der Waals surface area (Å²) < 4.78 is 10.7. The van der Waals surface area contributed by atoms with Crippen LogP contribution >= 0.6 is 24.0 Å². The Morgan fingerprint density at radius 1 is 1.28 bits per heavy atom. The molecule has 3 rings (SSSR count). The molecule has 1 amide bonds. The zero-order chi connectivity index (χ0) is 20.0. The van der Waals surface area contributed by atoms with Crippen molar-refractivity contribution in [1.29, 1.82) is 0 Å². The predicted octanol–water partition coefficient (Wildman–Crippen LogP) is 1.64. The number of halogens is 1. The summed E-state index contributed by atoms with van der Waals surface area (Å²) in [6.45, 7) is 8.89. The molecule has 1 aromatic rings. The number of aliphatic imine (C=N–C) groups is 1. The number of rotatable bonds is 5. The number of piperidine rings is 1. The molecule has 0 saturated carbocycles. The van der Waals surface area contributed by atoms with Crippen molar-refractivity contribution in [2.75, 3.05) is 52.5 Å². The smallest absolute Gasteiger partial charge is 0.225 e. The van der Waals surface area contributed by atoms with Crippen LogP contribution in [-0.4, -0.2) is 79.3 Å². The Hall–Kier alpha value is -1.33. The Kier molecular flexibility index (Phi) is 9.22. The number of hydrogen-bond acceptors (Lipinski definition) is 5. The highest BCUT2D eigenvalue weighted by molar-refractivity contribution is 14.0. The van der Waals surface area contributed by atoms with Gasteiger partial charge in [0.25, 0.3) is 0 Å². The molecule has 2 aliphatic rings. The molecule has 1 unspecified atom stereocenters. The van der Waals surface area contributed by atoms with Crippen molar-refractivity contribution in [2.24, 2.45) is 10.9 Å². The van der Waals surface area contributed by atoms with E-state index in [9.17, 15) is 9.90 Å². The van der Waals surface area contributed by atoms with E-state index in [1.807, 2.05) is 11.8 Å². The maximum absolute atomic E-state index is 12.7. The van der Waals surface area contributed by atoms with Crippen molar-refractivity contribution in [1.82, 2.24) is 15.1 Å². The highest BCUT2D eigenvalue weighted by Gasteiger charge is 2.31. The number of furan rings is 1. The Morgan fingerprint density at radius 2 is 1.97 bits per heavy atom. The van der Waals surface area contributed by atoms with Gasteiger partial charge >= 0.3 is 0 Å². The van der Waals surface area contributed by atoms with E-state index >= 15 is 0 Å². The maximum atomic E-state index is 12.7. The van der Waals surface area contributed by atoms with Gasteiger partial charge < -0.3 is 29.4 Å². The number of guanidine groups is 1. The van der Waals surface area contributed by atoms with Gasteiger partial charge in [0.15, 0.2) is 5.96 Å². The van der Waals surface area contributed by atoms with E-state index in [1.54, 1.807) is 25.3 Å². The number of likely N-dealkylation sites (tertiary alicyclic amines) is 1. The third-order valence-corrected chi connectivity index (χ3v) is 5.39. The molecule has 9 heteroatoms. The number of aliphatic hydroxyl groups is 1. The number of carbonyl (C=O) groups is 1. The number of nitrogens with zero attached hydrogens (tertiary/aromatic N) is 3. The molecule has 164 valence electrons. The van der Waals surface area contributed by atoms with E-state index < -0.39 is 5.60 Å². The first-order valence-electron chi connectivity index (χ1n) is 10.2. The standard InChI is InChI=1S/C20H32N4O4.HI/c1-3-21-19(22-15-20(2,26)17-5-4-12-28-17)24-8-6-16(7-9-24)18(25)23-10-13-27-14-11-23;/h4-5,12,16,26H,3,6-11,13-15H2,1-2H3,(H,21,22);1H. The molecule has 0 radical (unpaired) electrons. The van der Waals surface area contributed by atoms with Gasteiger partial charge in [0.05, 0.1) is 26.0 Å². The quantitative estimate of drug-likeness (QED) is 0.349. The van der Waals surface area contributed by atoms with Crippen molar-refractivity contribution in [3.8, 4) is 0 Å². The largest absolute Gasteiger partial charge is 0.466 e. The normalized spacial score (nSPS) is 20.7. The molecular formula is C20H33IN4O4. The number of hydrogen-bond donors (Lipinski definition) is 2. The SMILES string of the molecule is CCNC(=NCC(C)(O)c1ccco1)N1CCC(C(=O)N2CCOCC2)CC1.I. The van der Waals surface area contributed by atoms with Crippen molar-refractivity contribution >= 4 is 35.8 Å². The Labute approximate surface area is 189 Å². The number of amides is 1. The molecule has 29 heavy (non-hydrogen) atoms. The van der Waals surface area contributed by atoms with E-state index in [-0.39, 0.29) is 42.3 Å². The van der Waals surface area contributed by atoms with E-state index in [1.165, 1.54) is 0 Å². The second-order valence-corrected chi connectivity index (χ2v) is 7.62. The van der Waals surface area contributed by atoms with Crippen LogP contribution in [0.1, 0.15) is 32.4 Å². The van der Waals surface area contributed by atoms with Crippen molar-refractivity contribution < 1.29 is 19.1 Å². The monoisotopic (exact) mass is 520 g/mol. The predicted molar refractivity (Wildman–Crippen MR) is 121 cm³/mol. The van der Waals surface area contributed by atoms with Gasteiger partial charge in [-0.25, -0.2) is 4.99 Å². The summed E-state index contributed by atoms with van der Waals surface area (Å²) >= 11 is 0. The summed E-state index contributed by atoms with van der Waals surface area (Å²) in [4.78, 5) is 21.4. The number of ether oxygens (including phenoxy) is 1. The van der Waals surface area contributed by atoms with Crippen LogP contribution in [0, 0.1) is 5.92 Å². The lowest BCUT2D eigenvalue weighted by atomic mass is 9.95. The van der Waals surface area contributed by atoms with E-state index in [0.717, 1.165) is 38.4 Å². The van der Waals surface area contributed by atoms with Crippen molar-refractivity contribution in [2.45, 2.75) is 32.3 Å². The van der Waals surface area contributed by atoms with E-state index in [2.05, 4.69) is 15.2 Å². The Balaban J connectivity index is 0.00000300. The van der Waals surface area contributed by atoms with Gasteiger partial charge in [-0.1, -0.05) is 0 Å². The zero-order valence-corrected chi connectivity index (χ0v) is 19.6. The fourth-order valence-corrected chi connectivity index (χ4v) is 3.70. The van der Waals surface area contributed by atoms with Crippen LogP contribution in [0.3, 0.4) is 0 Å². The molecule has 0 bridgehead atoms. The fraction of sp³-hybridized carbons (Fsp3) is 0.700. The molecule has 2 N–H and O–H groups in total. The molecule has 2 aliphatic heterocycles. The number of morpholine rings is 1. The summed E-state index contributed by atoms with van der Waals surface area (Å²) in [5.41, 5.74) is -1.16. The van der Waals surface area contributed by atoms with Gasteiger partial charge in [0.2, 0.25) is 5.91 Å². The first kappa shape index (κ1) is 23.9. The third-order valence-electron chi connectivity index (χ3n) is 5.39. The average Bonchev–Trinajstić information content (AvgIpc) is 3.27. The Bertz CT molecular complexity index is 651. The Morgan fingerprint density at radius 3 is 2.55 bits per heavy atom. The molecule has 0 aromatic carbocycles. The summed E-state index contributed by atoms with van der Waals surface area (Å²) in [7, 11) is 0. The van der Waals surface area contributed by atoms with Crippen LogP contribution in [0.25, 0.3) is 0 Å². The van der Waals surface area contributed by atoms with Gasteiger partial charge in [-0.15, -0.1) is 24.0 Å². The molecule has 2 fully saturated rings. The summed E-state index contributed by atoms with van der Waals surface area (Å²) in [5.74, 6) is 1.60. The topological polar surface area (TPSA) is 90.5 Å². The van der Waals surface area contributed by atoms with Crippen LogP contribution in [0.5, 0.6) is 0 Å². The maximum Gasteiger partial charge on any atom is 0.225 e. The molecule has 0 spiro atoms. The van der Waals surface area contributed by atoms with Gasteiger partial charge in [0, 0.05) is 38.6 Å². The average molecular weight is 520 g/mol. The van der Waals surface area contributed by atoms with Crippen LogP contribution in [0.15, 0.2) is 27.8 Å². The van der Waals surface area contributed by atoms with Crippen molar-refractivity contribution in [3.63, 3.8) is 0 Å². The lowest BCUT2D eigenvalue weighted by Gasteiger charge is -2.37. The molecule has 2 saturated heterocycles. The number of nitrogens with one attached hydrogen (secondary N) is 1. The van der Waals surface area contributed by atoms with Gasteiger partial charge in [-0.2, -0.15) is 0 Å². The molecule has 1 atom stereocenters. The minimum atomic E-state index is -1.16. The van der Waals surface area contributed by atoms with Crippen LogP contribution in [0.2, 0.25) is 0 Å².